The number of phenols is 1. The number of methoxy groups -OCH3 is 2. The van der Waals surface area contributed by atoms with Crippen LogP contribution in [0.4, 0.5) is 0 Å². The van der Waals surface area contributed by atoms with Gasteiger partial charge in [-0.15, -0.1) is 24.0 Å². The van der Waals surface area contributed by atoms with E-state index in [2.05, 4.69) is 15.6 Å². The summed E-state index contributed by atoms with van der Waals surface area (Å²) in [6, 6.07) is 5.39. The molecule has 0 bridgehead atoms. The van der Waals surface area contributed by atoms with Crippen LogP contribution in [0.25, 0.3) is 0 Å². The van der Waals surface area contributed by atoms with Crippen molar-refractivity contribution < 1.29 is 14.6 Å². The van der Waals surface area contributed by atoms with Gasteiger partial charge >= 0.3 is 0 Å². The number of nitrogens with one attached hydrogen (secondary N) is 2. The Balaban J connectivity index is 0.00000484. The van der Waals surface area contributed by atoms with E-state index in [1.54, 1.807) is 20.3 Å². The van der Waals surface area contributed by atoms with Gasteiger partial charge in [0, 0.05) is 33.4 Å². The lowest BCUT2D eigenvalue weighted by Crippen LogP contribution is -2.38. The summed E-state index contributed by atoms with van der Waals surface area (Å²) in [5.41, 5.74) is 1.09. The van der Waals surface area contributed by atoms with Gasteiger partial charge in [0.05, 0.1) is 7.11 Å². The Kier molecular flexibility index (Phi) is 12.5. The second kappa shape index (κ2) is 13.2. The molecule has 1 aromatic carbocycles. The number of hydrogen-bond donors (Lipinski definition) is 3. The zero-order chi connectivity index (χ0) is 16.2. The Hall–Kier alpha value is -1.22. The monoisotopic (exact) mass is 437 g/mol. The third-order valence-corrected chi connectivity index (χ3v) is 3.07. The van der Waals surface area contributed by atoms with Crippen LogP contribution in [0.2, 0.25) is 0 Å². The second-order valence-corrected chi connectivity index (χ2v) is 4.79. The highest BCUT2D eigenvalue weighted by molar-refractivity contribution is 14.0. The van der Waals surface area contributed by atoms with Crippen LogP contribution in [0.15, 0.2) is 23.2 Å². The summed E-state index contributed by atoms with van der Waals surface area (Å²) >= 11 is 0. The van der Waals surface area contributed by atoms with E-state index in [1.807, 2.05) is 19.1 Å². The fraction of sp³-hybridized carbons (Fsp3) is 0.562. The molecular formula is C16H28IN3O3. The van der Waals surface area contributed by atoms with Gasteiger partial charge in [-0.25, -0.2) is 0 Å². The van der Waals surface area contributed by atoms with Crippen LogP contribution in [-0.4, -0.2) is 51.5 Å². The molecule has 0 aliphatic heterocycles. The Morgan fingerprint density at radius 1 is 1.26 bits per heavy atom. The molecule has 0 aliphatic rings. The average Bonchev–Trinajstić information content (AvgIpc) is 2.53. The third kappa shape index (κ3) is 8.85. The summed E-state index contributed by atoms with van der Waals surface area (Å²) in [6.45, 7) is 5.07. The van der Waals surface area contributed by atoms with E-state index in [0.29, 0.717) is 5.75 Å². The molecule has 1 rings (SSSR count). The van der Waals surface area contributed by atoms with Crippen molar-refractivity contribution >= 4 is 29.9 Å². The van der Waals surface area contributed by atoms with Gasteiger partial charge in [-0.2, -0.15) is 0 Å². The third-order valence-electron chi connectivity index (χ3n) is 3.07. The lowest BCUT2D eigenvalue weighted by Gasteiger charge is -2.12. The van der Waals surface area contributed by atoms with Crippen molar-refractivity contribution in [3.8, 4) is 11.5 Å². The SMILES string of the molecule is CCNC(=NCCCOC)NCCc1ccc(O)c(OC)c1.I. The summed E-state index contributed by atoms with van der Waals surface area (Å²) in [5, 5.41) is 16.1. The number of nitrogens with zero attached hydrogens (tertiary/aromatic N) is 1. The van der Waals surface area contributed by atoms with E-state index in [-0.39, 0.29) is 29.7 Å². The molecular weight excluding hydrogens is 409 g/mol. The highest BCUT2D eigenvalue weighted by Gasteiger charge is 2.03. The highest BCUT2D eigenvalue weighted by Crippen LogP contribution is 2.26. The van der Waals surface area contributed by atoms with Crippen molar-refractivity contribution in [3.63, 3.8) is 0 Å². The predicted molar refractivity (Wildman–Crippen MR) is 104 cm³/mol. The number of guanidine groups is 1. The van der Waals surface area contributed by atoms with Crippen LogP contribution < -0.4 is 15.4 Å². The summed E-state index contributed by atoms with van der Waals surface area (Å²) in [5.74, 6) is 1.47. The molecule has 0 atom stereocenters. The van der Waals surface area contributed by atoms with Gasteiger partial charge in [0.1, 0.15) is 0 Å². The first-order chi connectivity index (χ1) is 10.7. The Bertz CT molecular complexity index is 470. The van der Waals surface area contributed by atoms with E-state index in [1.165, 1.54) is 0 Å². The smallest absolute Gasteiger partial charge is 0.191 e. The molecule has 0 radical (unpaired) electrons. The Morgan fingerprint density at radius 2 is 2.04 bits per heavy atom. The standard InChI is InChI=1S/C16H27N3O3.HI/c1-4-17-16(18-9-5-11-21-2)19-10-8-13-6-7-14(20)15(12-13)22-3;/h6-7,12,20H,4-5,8-11H2,1-3H3,(H2,17,18,19);1H. The Labute approximate surface area is 155 Å². The van der Waals surface area contributed by atoms with Crippen LogP contribution in [0.5, 0.6) is 11.5 Å². The van der Waals surface area contributed by atoms with Crippen LogP contribution in [0, 0.1) is 0 Å². The normalized spacial score (nSPS) is 10.8. The maximum absolute atomic E-state index is 9.58. The first-order valence-electron chi connectivity index (χ1n) is 7.58. The van der Waals surface area contributed by atoms with Gasteiger partial charge in [0.2, 0.25) is 0 Å². The number of rotatable bonds is 9. The van der Waals surface area contributed by atoms with Gasteiger partial charge in [0.25, 0.3) is 0 Å². The van der Waals surface area contributed by atoms with Crippen molar-refractivity contribution in [3.05, 3.63) is 23.8 Å². The van der Waals surface area contributed by atoms with Crippen molar-refractivity contribution in [2.75, 3.05) is 40.5 Å². The fourth-order valence-corrected chi connectivity index (χ4v) is 1.94. The van der Waals surface area contributed by atoms with E-state index in [0.717, 1.165) is 50.6 Å². The number of phenolic OH excluding ortho intramolecular Hbond substituents is 1. The van der Waals surface area contributed by atoms with Crippen molar-refractivity contribution in [2.45, 2.75) is 19.8 Å². The minimum absolute atomic E-state index is 0. The second-order valence-electron chi connectivity index (χ2n) is 4.79. The van der Waals surface area contributed by atoms with Gasteiger partial charge in [-0.3, -0.25) is 4.99 Å². The molecule has 1 aromatic rings. The molecule has 0 amide bonds. The molecule has 6 nitrogen and oxygen atoms in total. The average molecular weight is 437 g/mol. The molecule has 0 saturated heterocycles. The summed E-state index contributed by atoms with van der Waals surface area (Å²) in [4.78, 5) is 4.48. The zero-order valence-electron chi connectivity index (χ0n) is 14.1. The quantitative estimate of drug-likeness (QED) is 0.239. The molecule has 3 N–H and O–H groups in total. The summed E-state index contributed by atoms with van der Waals surface area (Å²) in [6.07, 6.45) is 1.72. The molecule has 0 unspecified atom stereocenters. The maximum Gasteiger partial charge on any atom is 0.191 e. The molecule has 0 aromatic heterocycles. The lowest BCUT2D eigenvalue weighted by atomic mass is 10.1. The highest BCUT2D eigenvalue weighted by atomic mass is 127. The van der Waals surface area contributed by atoms with Gasteiger partial charge in [-0.05, 0) is 37.5 Å². The van der Waals surface area contributed by atoms with E-state index in [4.69, 9.17) is 9.47 Å². The molecule has 0 spiro atoms. The summed E-state index contributed by atoms with van der Waals surface area (Å²) in [7, 11) is 3.24. The van der Waals surface area contributed by atoms with Crippen molar-refractivity contribution in [1.29, 1.82) is 0 Å². The molecule has 7 heteroatoms. The van der Waals surface area contributed by atoms with Crippen molar-refractivity contribution in [1.82, 2.24) is 10.6 Å². The first kappa shape index (κ1) is 21.8. The lowest BCUT2D eigenvalue weighted by molar-refractivity contribution is 0.197. The van der Waals surface area contributed by atoms with Crippen LogP contribution in [0.3, 0.4) is 0 Å². The molecule has 23 heavy (non-hydrogen) atoms. The Morgan fingerprint density at radius 3 is 2.70 bits per heavy atom. The summed E-state index contributed by atoms with van der Waals surface area (Å²) < 4.78 is 10.1. The van der Waals surface area contributed by atoms with Crippen molar-refractivity contribution in [2.24, 2.45) is 4.99 Å². The number of benzene rings is 1. The predicted octanol–water partition coefficient (Wildman–Crippen LogP) is 2.15. The molecule has 0 heterocycles. The molecule has 0 fully saturated rings. The molecule has 0 aliphatic carbocycles. The van der Waals surface area contributed by atoms with Crippen LogP contribution >= 0.6 is 24.0 Å². The van der Waals surface area contributed by atoms with E-state index in [9.17, 15) is 5.11 Å². The number of halogens is 1. The maximum atomic E-state index is 9.58. The first-order valence-corrected chi connectivity index (χ1v) is 7.58. The van der Waals surface area contributed by atoms with Gasteiger partial charge in [0.15, 0.2) is 17.5 Å². The number of ether oxygens (including phenoxy) is 2. The topological polar surface area (TPSA) is 75.1 Å². The molecule has 132 valence electrons. The molecule has 0 saturated carbocycles. The number of aliphatic imine (C=N–C) groups is 1. The van der Waals surface area contributed by atoms with Crippen LogP contribution in [0.1, 0.15) is 18.9 Å². The zero-order valence-corrected chi connectivity index (χ0v) is 16.4. The fourth-order valence-electron chi connectivity index (χ4n) is 1.94. The van der Waals surface area contributed by atoms with Gasteiger partial charge < -0.3 is 25.2 Å². The minimum Gasteiger partial charge on any atom is -0.504 e. The largest absolute Gasteiger partial charge is 0.504 e. The van der Waals surface area contributed by atoms with Crippen LogP contribution in [-0.2, 0) is 11.2 Å². The van der Waals surface area contributed by atoms with Gasteiger partial charge in [-0.1, -0.05) is 6.07 Å². The number of aromatic hydroxyl groups is 1. The van der Waals surface area contributed by atoms with E-state index >= 15 is 0 Å². The minimum atomic E-state index is 0. The number of hydrogen-bond acceptors (Lipinski definition) is 4. The van der Waals surface area contributed by atoms with E-state index < -0.39 is 0 Å².